The minimum atomic E-state index is -0.548. The highest BCUT2D eigenvalue weighted by Crippen LogP contribution is 2.24. The maximum atomic E-state index is 13.9. The molecule has 1 aromatic carbocycles. The molecule has 3 nitrogen and oxygen atoms in total. The molecule has 0 radical (unpaired) electrons. The van der Waals surface area contributed by atoms with Crippen LogP contribution in [0.15, 0.2) is 18.2 Å². The van der Waals surface area contributed by atoms with Gasteiger partial charge in [-0.3, -0.25) is 4.90 Å². The van der Waals surface area contributed by atoms with E-state index in [9.17, 15) is 8.78 Å². The summed E-state index contributed by atoms with van der Waals surface area (Å²) in [5.41, 5.74) is 6.29. The molecule has 0 saturated carbocycles. The Morgan fingerprint density at radius 2 is 1.89 bits per heavy atom. The van der Waals surface area contributed by atoms with Crippen LogP contribution < -0.4 is 5.73 Å². The number of likely N-dealkylation sites (N-methyl/N-ethyl adjacent to an activating group) is 1. The molecule has 1 fully saturated rings. The third-order valence-corrected chi connectivity index (χ3v) is 3.84. The molecule has 0 bridgehead atoms. The van der Waals surface area contributed by atoms with Gasteiger partial charge in [0, 0.05) is 44.4 Å². The van der Waals surface area contributed by atoms with E-state index in [4.69, 9.17) is 5.73 Å². The van der Waals surface area contributed by atoms with Crippen molar-refractivity contribution in [2.45, 2.75) is 13.0 Å². The molecule has 2 N–H and O–H groups in total. The van der Waals surface area contributed by atoms with E-state index >= 15 is 0 Å². The largest absolute Gasteiger partial charge is 0.329 e. The molecule has 0 aromatic heterocycles. The highest BCUT2D eigenvalue weighted by Gasteiger charge is 2.25. The third-order valence-electron chi connectivity index (χ3n) is 3.84. The normalized spacial score (nSPS) is 19.6. The second kappa shape index (κ2) is 6.41. The number of hydrogen-bond acceptors (Lipinski definition) is 3. The van der Waals surface area contributed by atoms with Gasteiger partial charge in [0.2, 0.25) is 0 Å². The number of benzene rings is 1. The summed E-state index contributed by atoms with van der Waals surface area (Å²) in [7, 11) is 0. The zero-order valence-electron chi connectivity index (χ0n) is 11.3. The highest BCUT2D eigenvalue weighted by atomic mass is 19.1. The number of halogens is 2. The van der Waals surface area contributed by atoms with Crippen molar-refractivity contribution in [3.8, 4) is 0 Å². The first-order valence-corrected chi connectivity index (χ1v) is 6.77. The molecular formula is C14H21F2N3. The van der Waals surface area contributed by atoms with Crippen LogP contribution in [-0.2, 0) is 0 Å². The van der Waals surface area contributed by atoms with Gasteiger partial charge in [-0.2, -0.15) is 0 Å². The lowest BCUT2D eigenvalue weighted by Gasteiger charge is -2.38. The van der Waals surface area contributed by atoms with Gasteiger partial charge in [0.1, 0.15) is 11.6 Å². The molecule has 1 saturated heterocycles. The first-order chi connectivity index (χ1) is 9.15. The Morgan fingerprint density at radius 1 is 1.21 bits per heavy atom. The summed E-state index contributed by atoms with van der Waals surface area (Å²) in [6, 6.07) is 3.57. The standard InChI is InChI=1S/C14H21F2N3/c1-2-18-5-7-19(8-6-18)14(10-17)12-4-3-11(15)9-13(12)16/h3-4,9,14H,2,5-8,10,17H2,1H3. The molecular weight excluding hydrogens is 248 g/mol. The van der Waals surface area contributed by atoms with E-state index in [0.29, 0.717) is 12.1 Å². The van der Waals surface area contributed by atoms with Crippen LogP contribution in [0.3, 0.4) is 0 Å². The smallest absolute Gasteiger partial charge is 0.130 e. The summed E-state index contributed by atoms with van der Waals surface area (Å²) in [5.74, 6) is -1.05. The number of nitrogens with two attached hydrogens (primary N) is 1. The number of hydrogen-bond donors (Lipinski definition) is 1. The summed E-state index contributed by atoms with van der Waals surface area (Å²) < 4.78 is 26.8. The number of nitrogens with zero attached hydrogens (tertiary/aromatic N) is 2. The maximum Gasteiger partial charge on any atom is 0.130 e. The molecule has 1 aliphatic rings. The van der Waals surface area contributed by atoms with Gasteiger partial charge < -0.3 is 10.6 Å². The van der Waals surface area contributed by atoms with Crippen molar-refractivity contribution < 1.29 is 8.78 Å². The highest BCUT2D eigenvalue weighted by molar-refractivity contribution is 5.22. The Balaban J connectivity index is 2.12. The van der Waals surface area contributed by atoms with Crippen LogP contribution >= 0.6 is 0 Å². The van der Waals surface area contributed by atoms with E-state index in [1.165, 1.54) is 12.1 Å². The Morgan fingerprint density at radius 3 is 2.42 bits per heavy atom. The predicted molar refractivity (Wildman–Crippen MR) is 71.8 cm³/mol. The van der Waals surface area contributed by atoms with E-state index < -0.39 is 11.6 Å². The summed E-state index contributed by atoms with van der Waals surface area (Å²) in [5, 5.41) is 0. The lowest BCUT2D eigenvalue weighted by molar-refractivity contribution is 0.100. The fraction of sp³-hybridized carbons (Fsp3) is 0.571. The quantitative estimate of drug-likeness (QED) is 0.901. The minimum absolute atomic E-state index is 0.167. The van der Waals surface area contributed by atoms with Gasteiger partial charge in [0.25, 0.3) is 0 Å². The molecule has 106 valence electrons. The van der Waals surface area contributed by atoms with Crippen LogP contribution in [0.4, 0.5) is 8.78 Å². The van der Waals surface area contributed by atoms with Crippen LogP contribution in [0.2, 0.25) is 0 Å². The molecule has 1 aromatic rings. The van der Waals surface area contributed by atoms with Gasteiger partial charge >= 0.3 is 0 Å². The fourth-order valence-corrected chi connectivity index (χ4v) is 2.64. The van der Waals surface area contributed by atoms with Gasteiger partial charge in [-0.1, -0.05) is 13.0 Å². The number of piperazine rings is 1. The monoisotopic (exact) mass is 269 g/mol. The van der Waals surface area contributed by atoms with Crippen molar-refractivity contribution >= 4 is 0 Å². The summed E-state index contributed by atoms with van der Waals surface area (Å²) >= 11 is 0. The average molecular weight is 269 g/mol. The summed E-state index contributed by atoms with van der Waals surface area (Å²) in [6.07, 6.45) is 0. The summed E-state index contributed by atoms with van der Waals surface area (Å²) in [4.78, 5) is 4.54. The molecule has 2 rings (SSSR count). The van der Waals surface area contributed by atoms with E-state index in [0.717, 1.165) is 38.8 Å². The molecule has 1 aliphatic heterocycles. The predicted octanol–water partition coefficient (Wildman–Crippen LogP) is 1.60. The Hall–Kier alpha value is -1.04. The first kappa shape index (κ1) is 14.4. The lowest BCUT2D eigenvalue weighted by Crippen LogP contribution is -2.49. The van der Waals surface area contributed by atoms with E-state index in [1.54, 1.807) is 0 Å². The molecule has 5 heteroatoms. The van der Waals surface area contributed by atoms with Gasteiger partial charge in [0.05, 0.1) is 6.04 Å². The third kappa shape index (κ3) is 3.29. The molecule has 0 spiro atoms. The molecule has 1 atom stereocenters. The van der Waals surface area contributed by atoms with Crippen LogP contribution in [0, 0.1) is 11.6 Å². The maximum absolute atomic E-state index is 13.9. The van der Waals surface area contributed by atoms with E-state index in [2.05, 4.69) is 16.7 Å². The van der Waals surface area contributed by atoms with Crippen molar-refractivity contribution in [1.29, 1.82) is 0 Å². The first-order valence-electron chi connectivity index (χ1n) is 6.77. The SMILES string of the molecule is CCN1CCN(C(CN)c2ccc(F)cc2F)CC1. The average Bonchev–Trinajstić information content (AvgIpc) is 2.42. The van der Waals surface area contributed by atoms with Gasteiger partial charge in [0.15, 0.2) is 0 Å². The zero-order valence-corrected chi connectivity index (χ0v) is 11.3. The zero-order chi connectivity index (χ0) is 13.8. The molecule has 1 unspecified atom stereocenters. The molecule has 1 heterocycles. The van der Waals surface area contributed by atoms with Gasteiger partial charge in [-0.15, -0.1) is 0 Å². The van der Waals surface area contributed by atoms with Crippen LogP contribution in [-0.4, -0.2) is 49.1 Å². The lowest BCUT2D eigenvalue weighted by atomic mass is 10.0. The Bertz CT molecular complexity index is 417. The van der Waals surface area contributed by atoms with E-state index in [-0.39, 0.29) is 6.04 Å². The molecule has 19 heavy (non-hydrogen) atoms. The van der Waals surface area contributed by atoms with Gasteiger partial charge in [-0.05, 0) is 12.6 Å². The van der Waals surface area contributed by atoms with Crippen LogP contribution in [0.5, 0.6) is 0 Å². The van der Waals surface area contributed by atoms with Crippen molar-refractivity contribution in [2.24, 2.45) is 5.73 Å². The Labute approximate surface area is 113 Å². The minimum Gasteiger partial charge on any atom is -0.329 e. The Kier molecular flexibility index (Phi) is 4.85. The molecule has 0 amide bonds. The van der Waals surface area contributed by atoms with Crippen molar-refractivity contribution in [2.75, 3.05) is 39.3 Å². The van der Waals surface area contributed by atoms with Crippen molar-refractivity contribution in [1.82, 2.24) is 9.80 Å². The summed E-state index contributed by atoms with van der Waals surface area (Å²) in [6.45, 7) is 7.18. The van der Waals surface area contributed by atoms with Crippen LogP contribution in [0.25, 0.3) is 0 Å². The van der Waals surface area contributed by atoms with Crippen LogP contribution in [0.1, 0.15) is 18.5 Å². The van der Waals surface area contributed by atoms with Crippen molar-refractivity contribution in [3.05, 3.63) is 35.4 Å². The second-order valence-electron chi connectivity index (χ2n) is 4.89. The number of rotatable bonds is 4. The van der Waals surface area contributed by atoms with E-state index in [1.807, 2.05) is 0 Å². The van der Waals surface area contributed by atoms with Gasteiger partial charge in [-0.25, -0.2) is 8.78 Å². The van der Waals surface area contributed by atoms with Crippen molar-refractivity contribution in [3.63, 3.8) is 0 Å². The molecule has 0 aliphatic carbocycles. The topological polar surface area (TPSA) is 32.5 Å². The fourth-order valence-electron chi connectivity index (χ4n) is 2.64. The second-order valence-corrected chi connectivity index (χ2v) is 4.89.